The summed E-state index contributed by atoms with van der Waals surface area (Å²) in [5.41, 5.74) is 2.70. The molecule has 1 N–H and O–H groups in total. The van der Waals surface area contributed by atoms with Crippen LogP contribution in [0.25, 0.3) is 22.4 Å². The number of fused-ring (bicyclic) bond motifs is 1. The Hall–Kier alpha value is -2.33. The Kier molecular flexibility index (Phi) is 3.39. The van der Waals surface area contributed by atoms with Gasteiger partial charge in [0, 0.05) is 13.7 Å². The molecule has 4 nitrogen and oxygen atoms in total. The Morgan fingerprint density at radius 1 is 1.10 bits per heavy atom. The van der Waals surface area contributed by atoms with E-state index in [1.54, 1.807) is 19.2 Å². The molecule has 0 saturated heterocycles. The number of hydrogen-bond donors (Lipinski definition) is 1. The van der Waals surface area contributed by atoms with Crippen molar-refractivity contribution >= 4 is 11.0 Å². The van der Waals surface area contributed by atoms with Crippen LogP contribution in [0.3, 0.4) is 0 Å². The van der Waals surface area contributed by atoms with E-state index >= 15 is 0 Å². The van der Waals surface area contributed by atoms with Gasteiger partial charge >= 0.3 is 0 Å². The lowest BCUT2D eigenvalue weighted by Crippen LogP contribution is -2.06. The van der Waals surface area contributed by atoms with E-state index in [9.17, 15) is 5.11 Å². The van der Waals surface area contributed by atoms with Gasteiger partial charge in [-0.15, -0.1) is 0 Å². The van der Waals surface area contributed by atoms with Gasteiger partial charge in [0.2, 0.25) is 0 Å². The van der Waals surface area contributed by atoms with E-state index in [1.165, 1.54) is 0 Å². The molecule has 0 aliphatic heterocycles. The zero-order valence-corrected chi connectivity index (χ0v) is 11.3. The number of phenols is 1. The molecule has 0 spiro atoms. The Morgan fingerprint density at radius 2 is 1.85 bits per heavy atom. The van der Waals surface area contributed by atoms with Crippen LogP contribution in [0.5, 0.6) is 5.75 Å². The molecule has 0 amide bonds. The Balaban J connectivity index is 2.21. The molecule has 0 bridgehead atoms. The number of ether oxygens (including phenoxy) is 1. The fourth-order valence-corrected chi connectivity index (χ4v) is 2.35. The van der Waals surface area contributed by atoms with Crippen LogP contribution in [0.1, 0.15) is 0 Å². The van der Waals surface area contributed by atoms with Crippen molar-refractivity contribution in [3.63, 3.8) is 0 Å². The molecule has 3 aromatic rings. The summed E-state index contributed by atoms with van der Waals surface area (Å²) in [6.45, 7) is 1.29. The maximum Gasteiger partial charge on any atom is 0.144 e. The fraction of sp³-hybridized carbons (Fsp3) is 0.188. The molecule has 0 radical (unpaired) electrons. The third-order valence-corrected chi connectivity index (χ3v) is 3.32. The van der Waals surface area contributed by atoms with Gasteiger partial charge in [0.15, 0.2) is 0 Å². The second-order valence-corrected chi connectivity index (χ2v) is 4.59. The molecule has 2 aromatic carbocycles. The number of para-hydroxylation sites is 3. The van der Waals surface area contributed by atoms with Crippen LogP contribution >= 0.6 is 0 Å². The van der Waals surface area contributed by atoms with Crippen LogP contribution in [0.4, 0.5) is 0 Å². The summed E-state index contributed by atoms with van der Waals surface area (Å²) < 4.78 is 7.25. The number of benzene rings is 2. The van der Waals surface area contributed by atoms with Gasteiger partial charge in [0.05, 0.1) is 23.2 Å². The van der Waals surface area contributed by atoms with Gasteiger partial charge in [-0.3, -0.25) is 0 Å². The summed E-state index contributed by atoms with van der Waals surface area (Å²) in [6, 6.07) is 15.2. The predicted molar refractivity (Wildman–Crippen MR) is 78.7 cm³/mol. The minimum absolute atomic E-state index is 0.237. The lowest BCUT2D eigenvalue weighted by molar-refractivity contribution is 0.188. The van der Waals surface area contributed by atoms with Gasteiger partial charge in [-0.1, -0.05) is 24.3 Å². The number of rotatable bonds is 4. The first-order valence-corrected chi connectivity index (χ1v) is 6.54. The topological polar surface area (TPSA) is 47.3 Å². The highest BCUT2D eigenvalue weighted by atomic mass is 16.5. The molecule has 3 rings (SSSR count). The third-order valence-electron chi connectivity index (χ3n) is 3.32. The number of aromatic nitrogens is 2. The molecule has 102 valence electrons. The highest BCUT2D eigenvalue weighted by Crippen LogP contribution is 2.30. The lowest BCUT2D eigenvalue weighted by Gasteiger charge is -2.09. The Labute approximate surface area is 117 Å². The van der Waals surface area contributed by atoms with E-state index in [0.717, 1.165) is 22.4 Å². The first-order chi connectivity index (χ1) is 9.81. The summed E-state index contributed by atoms with van der Waals surface area (Å²) in [5.74, 6) is 1.00. The molecule has 0 aliphatic carbocycles. The first-order valence-electron chi connectivity index (χ1n) is 6.54. The van der Waals surface area contributed by atoms with E-state index in [2.05, 4.69) is 9.55 Å². The number of aromatic hydroxyl groups is 1. The number of nitrogens with zero attached hydrogens (tertiary/aromatic N) is 2. The molecule has 0 fully saturated rings. The number of hydrogen-bond acceptors (Lipinski definition) is 3. The average Bonchev–Trinajstić information content (AvgIpc) is 2.84. The van der Waals surface area contributed by atoms with Crippen molar-refractivity contribution in [1.82, 2.24) is 9.55 Å². The summed E-state index contributed by atoms with van der Waals surface area (Å²) in [5, 5.41) is 10.1. The largest absolute Gasteiger partial charge is 0.507 e. The van der Waals surface area contributed by atoms with Crippen LogP contribution in [-0.2, 0) is 11.3 Å². The van der Waals surface area contributed by atoms with Crippen LogP contribution in [0.15, 0.2) is 48.5 Å². The minimum Gasteiger partial charge on any atom is -0.507 e. The van der Waals surface area contributed by atoms with Gasteiger partial charge in [-0.25, -0.2) is 4.98 Å². The van der Waals surface area contributed by atoms with Crippen molar-refractivity contribution in [1.29, 1.82) is 0 Å². The molecule has 4 heteroatoms. The normalized spacial score (nSPS) is 11.1. The lowest BCUT2D eigenvalue weighted by atomic mass is 10.2. The average molecular weight is 268 g/mol. The smallest absolute Gasteiger partial charge is 0.144 e. The summed E-state index contributed by atoms with van der Waals surface area (Å²) in [6.07, 6.45) is 0. The van der Waals surface area contributed by atoms with Crippen LogP contribution in [-0.4, -0.2) is 28.4 Å². The highest BCUT2D eigenvalue weighted by Gasteiger charge is 2.14. The second-order valence-electron chi connectivity index (χ2n) is 4.59. The maximum absolute atomic E-state index is 10.1. The van der Waals surface area contributed by atoms with Crippen molar-refractivity contribution < 1.29 is 9.84 Å². The molecule has 1 aromatic heterocycles. The third kappa shape index (κ3) is 2.14. The number of imidazole rings is 1. The van der Waals surface area contributed by atoms with Crippen LogP contribution in [0.2, 0.25) is 0 Å². The Morgan fingerprint density at radius 3 is 2.65 bits per heavy atom. The summed E-state index contributed by atoms with van der Waals surface area (Å²) in [7, 11) is 1.68. The monoisotopic (exact) mass is 268 g/mol. The van der Waals surface area contributed by atoms with E-state index in [0.29, 0.717) is 13.2 Å². The van der Waals surface area contributed by atoms with Crippen molar-refractivity contribution in [3.8, 4) is 17.1 Å². The standard InChI is InChI=1S/C16H16N2O2/c1-20-11-10-18-14-8-4-3-7-13(14)17-16(18)12-6-2-5-9-15(12)19/h2-9,19H,10-11H2,1H3. The number of phenolic OH excluding ortho intramolecular Hbond substituents is 1. The summed E-state index contributed by atoms with van der Waals surface area (Å²) in [4.78, 5) is 4.64. The van der Waals surface area contributed by atoms with Crippen molar-refractivity contribution in [3.05, 3.63) is 48.5 Å². The first kappa shape index (κ1) is 12.7. The summed E-state index contributed by atoms with van der Waals surface area (Å²) >= 11 is 0. The molecule has 0 aliphatic rings. The zero-order valence-electron chi connectivity index (χ0n) is 11.3. The predicted octanol–water partition coefficient (Wildman–Crippen LogP) is 3.06. The molecule has 0 unspecified atom stereocenters. The van der Waals surface area contributed by atoms with Gasteiger partial charge in [-0.05, 0) is 24.3 Å². The maximum atomic E-state index is 10.1. The quantitative estimate of drug-likeness (QED) is 0.791. The Bertz CT molecular complexity index is 734. The molecule has 1 heterocycles. The van der Waals surface area contributed by atoms with Crippen LogP contribution < -0.4 is 0 Å². The van der Waals surface area contributed by atoms with Gasteiger partial charge < -0.3 is 14.4 Å². The highest BCUT2D eigenvalue weighted by molar-refractivity contribution is 5.81. The van der Waals surface area contributed by atoms with Gasteiger partial charge in [0.25, 0.3) is 0 Å². The van der Waals surface area contributed by atoms with E-state index in [-0.39, 0.29) is 5.75 Å². The van der Waals surface area contributed by atoms with Gasteiger partial charge in [0.1, 0.15) is 11.6 Å². The van der Waals surface area contributed by atoms with E-state index in [4.69, 9.17) is 4.74 Å². The zero-order chi connectivity index (χ0) is 13.9. The molecule has 20 heavy (non-hydrogen) atoms. The SMILES string of the molecule is COCCn1c(-c2ccccc2O)nc2ccccc21. The fourth-order valence-electron chi connectivity index (χ4n) is 2.35. The molecule has 0 saturated carbocycles. The van der Waals surface area contributed by atoms with Crippen molar-refractivity contribution in [2.24, 2.45) is 0 Å². The number of methoxy groups -OCH3 is 1. The van der Waals surface area contributed by atoms with Gasteiger partial charge in [-0.2, -0.15) is 0 Å². The second kappa shape index (κ2) is 5.35. The van der Waals surface area contributed by atoms with Crippen molar-refractivity contribution in [2.75, 3.05) is 13.7 Å². The molecular weight excluding hydrogens is 252 g/mol. The minimum atomic E-state index is 0.237. The van der Waals surface area contributed by atoms with Crippen molar-refractivity contribution in [2.45, 2.75) is 6.54 Å². The van der Waals surface area contributed by atoms with Crippen LogP contribution in [0, 0.1) is 0 Å². The van der Waals surface area contributed by atoms with E-state index in [1.807, 2.05) is 36.4 Å². The van der Waals surface area contributed by atoms with E-state index < -0.39 is 0 Å². The molecular formula is C16H16N2O2. The molecule has 0 atom stereocenters.